The zero-order valence-corrected chi connectivity index (χ0v) is 14.6. The Morgan fingerprint density at radius 1 is 1.08 bits per heavy atom. The molecule has 9 heteroatoms. The van der Waals surface area contributed by atoms with Gasteiger partial charge in [-0.3, -0.25) is 4.98 Å². The number of halogens is 3. The molecule has 0 aliphatic heterocycles. The van der Waals surface area contributed by atoms with E-state index in [9.17, 15) is 8.78 Å². The van der Waals surface area contributed by atoms with Gasteiger partial charge < -0.3 is 9.72 Å². The number of aromatic nitrogens is 5. The Morgan fingerprint density at radius 3 is 2.69 bits per heavy atom. The fourth-order valence-electron chi connectivity index (χ4n) is 2.62. The highest BCUT2D eigenvalue weighted by molar-refractivity contribution is 9.10. The van der Waals surface area contributed by atoms with Gasteiger partial charge in [0.1, 0.15) is 10.1 Å². The van der Waals surface area contributed by atoms with E-state index in [1.807, 2.05) is 24.3 Å². The molecule has 0 atom stereocenters. The number of hydrogen-bond acceptors (Lipinski definition) is 5. The number of pyridine rings is 2. The van der Waals surface area contributed by atoms with Gasteiger partial charge in [0.25, 0.3) is 0 Å². The first-order chi connectivity index (χ1) is 12.6. The Hall–Kier alpha value is -2.94. The topological polar surface area (TPSA) is 76.6 Å². The van der Waals surface area contributed by atoms with Gasteiger partial charge in [0.05, 0.1) is 23.1 Å². The second-order valence-electron chi connectivity index (χ2n) is 5.24. The normalized spacial score (nSPS) is 11.2. The van der Waals surface area contributed by atoms with Crippen molar-refractivity contribution in [3.8, 4) is 28.4 Å². The third kappa shape index (κ3) is 3.13. The molecule has 4 aromatic heterocycles. The summed E-state index contributed by atoms with van der Waals surface area (Å²) >= 11 is 3.35. The van der Waals surface area contributed by atoms with Gasteiger partial charge in [0.2, 0.25) is 5.88 Å². The lowest BCUT2D eigenvalue weighted by Gasteiger charge is -2.04. The summed E-state index contributed by atoms with van der Waals surface area (Å²) in [5, 5.41) is 0. The average Bonchev–Trinajstić information content (AvgIpc) is 3.00. The smallest absolute Gasteiger partial charge is 0.388 e. The number of alkyl halides is 2. The van der Waals surface area contributed by atoms with Crippen molar-refractivity contribution in [1.82, 2.24) is 24.9 Å². The third-order valence-corrected chi connectivity index (χ3v) is 4.06. The van der Waals surface area contributed by atoms with Crippen LogP contribution in [0.3, 0.4) is 0 Å². The minimum atomic E-state index is -2.97. The Kier molecular flexibility index (Phi) is 4.29. The minimum Gasteiger partial charge on any atom is -0.415 e. The van der Waals surface area contributed by atoms with Crippen LogP contribution in [0, 0.1) is 0 Å². The van der Waals surface area contributed by atoms with Gasteiger partial charge >= 0.3 is 6.61 Å². The molecule has 1 N–H and O–H groups in total. The molecule has 4 heterocycles. The Bertz CT molecular complexity index is 1070. The lowest BCUT2D eigenvalue weighted by molar-refractivity contribution is -0.0528. The predicted octanol–water partition coefficient (Wildman–Crippen LogP) is 4.45. The standard InChI is InChI=1S/C17H10BrF2N5O/c18-11-7-9(4-6-22-11)14-13(10-3-1-2-5-21-10)15-16(25-14)24-12(8-23-15)26-17(19)20/h1-8,17H,(H,24,25). The highest BCUT2D eigenvalue weighted by atomic mass is 79.9. The number of aromatic amines is 1. The number of nitrogens with one attached hydrogen (secondary N) is 1. The molecule has 4 aromatic rings. The van der Waals surface area contributed by atoms with Crippen LogP contribution in [0.2, 0.25) is 0 Å². The summed E-state index contributed by atoms with van der Waals surface area (Å²) in [6.45, 7) is -2.97. The molecule has 0 unspecified atom stereocenters. The van der Waals surface area contributed by atoms with Gasteiger partial charge in [-0.15, -0.1) is 0 Å². The zero-order valence-electron chi connectivity index (χ0n) is 13.0. The van der Waals surface area contributed by atoms with E-state index >= 15 is 0 Å². The SMILES string of the molecule is FC(F)Oc1cnc2c(-c3ccccn3)c(-c3ccnc(Br)c3)[nH]c2n1. The fraction of sp³-hybridized carbons (Fsp3) is 0.0588. The molecule has 0 saturated heterocycles. The van der Waals surface area contributed by atoms with E-state index in [-0.39, 0.29) is 5.88 Å². The van der Waals surface area contributed by atoms with E-state index in [1.54, 1.807) is 18.5 Å². The van der Waals surface area contributed by atoms with E-state index < -0.39 is 6.61 Å². The van der Waals surface area contributed by atoms with Crippen LogP contribution in [0.5, 0.6) is 5.88 Å². The highest BCUT2D eigenvalue weighted by Crippen LogP contribution is 2.36. The first kappa shape index (κ1) is 16.5. The zero-order chi connectivity index (χ0) is 18.1. The predicted molar refractivity (Wildman–Crippen MR) is 94.7 cm³/mol. The van der Waals surface area contributed by atoms with Gasteiger partial charge in [0, 0.05) is 18.0 Å². The minimum absolute atomic E-state index is 0.260. The van der Waals surface area contributed by atoms with Crippen LogP contribution in [-0.2, 0) is 0 Å². The molecule has 4 rings (SSSR count). The number of nitrogens with zero attached hydrogens (tertiary/aromatic N) is 4. The summed E-state index contributed by atoms with van der Waals surface area (Å²) in [7, 11) is 0. The summed E-state index contributed by atoms with van der Waals surface area (Å²) < 4.78 is 29.9. The first-order valence-electron chi connectivity index (χ1n) is 7.48. The van der Waals surface area contributed by atoms with Gasteiger partial charge in [-0.25, -0.2) is 9.97 Å². The average molecular weight is 418 g/mol. The third-order valence-electron chi connectivity index (χ3n) is 3.63. The molecule has 6 nitrogen and oxygen atoms in total. The van der Waals surface area contributed by atoms with Crippen LogP contribution in [0.25, 0.3) is 33.7 Å². The molecule has 0 aliphatic carbocycles. The molecule has 0 fully saturated rings. The molecule has 0 bridgehead atoms. The van der Waals surface area contributed by atoms with Crippen molar-refractivity contribution < 1.29 is 13.5 Å². The molecule has 0 radical (unpaired) electrons. The molecule has 26 heavy (non-hydrogen) atoms. The molecule has 0 aromatic carbocycles. The number of H-pyrrole nitrogens is 1. The Labute approximate surface area is 154 Å². The van der Waals surface area contributed by atoms with Crippen LogP contribution >= 0.6 is 15.9 Å². The number of fused-ring (bicyclic) bond motifs is 1. The van der Waals surface area contributed by atoms with Gasteiger partial charge in [-0.05, 0) is 40.2 Å². The van der Waals surface area contributed by atoms with Crippen LogP contribution in [0.1, 0.15) is 0 Å². The maximum absolute atomic E-state index is 12.5. The number of ether oxygens (including phenoxy) is 1. The maximum Gasteiger partial charge on any atom is 0.388 e. The van der Waals surface area contributed by atoms with Crippen LogP contribution in [-0.4, -0.2) is 31.5 Å². The quantitative estimate of drug-likeness (QED) is 0.496. The second kappa shape index (κ2) is 6.75. The van der Waals surface area contributed by atoms with Crippen LogP contribution in [0.4, 0.5) is 8.78 Å². The van der Waals surface area contributed by atoms with Gasteiger partial charge in [-0.1, -0.05) is 6.07 Å². The summed E-state index contributed by atoms with van der Waals surface area (Å²) in [5.74, 6) is -0.260. The molecule has 130 valence electrons. The monoisotopic (exact) mass is 417 g/mol. The second-order valence-corrected chi connectivity index (χ2v) is 6.05. The lowest BCUT2D eigenvalue weighted by Crippen LogP contribution is -2.03. The summed E-state index contributed by atoms with van der Waals surface area (Å²) in [6, 6.07) is 9.15. The van der Waals surface area contributed by atoms with E-state index in [1.165, 1.54) is 6.20 Å². The molecular formula is C17H10BrF2N5O. The fourth-order valence-corrected chi connectivity index (χ4v) is 2.99. The van der Waals surface area contributed by atoms with Crippen molar-refractivity contribution >= 4 is 27.1 Å². The molecular weight excluding hydrogens is 408 g/mol. The summed E-state index contributed by atoms with van der Waals surface area (Å²) in [4.78, 5) is 20.0. The largest absolute Gasteiger partial charge is 0.415 e. The van der Waals surface area contributed by atoms with Gasteiger partial charge in [-0.2, -0.15) is 13.8 Å². The van der Waals surface area contributed by atoms with Crippen molar-refractivity contribution in [2.24, 2.45) is 0 Å². The molecule has 0 saturated carbocycles. The van der Waals surface area contributed by atoms with Crippen molar-refractivity contribution in [1.29, 1.82) is 0 Å². The molecule has 0 aliphatic rings. The van der Waals surface area contributed by atoms with E-state index in [0.29, 0.717) is 27.2 Å². The van der Waals surface area contributed by atoms with E-state index in [4.69, 9.17) is 0 Å². The lowest BCUT2D eigenvalue weighted by atomic mass is 10.1. The van der Waals surface area contributed by atoms with E-state index in [2.05, 4.69) is 45.6 Å². The highest BCUT2D eigenvalue weighted by Gasteiger charge is 2.19. The first-order valence-corrected chi connectivity index (χ1v) is 8.28. The van der Waals surface area contributed by atoms with Crippen molar-refractivity contribution in [3.05, 3.63) is 53.5 Å². The van der Waals surface area contributed by atoms with E-state index in [0.717, 1.165) is 11.1 Å². The number of hydrogen-bond donors (Lipinski definition) is 1. The van der Waals surface area contributed by atoms with Crippen molar-refractivity contribution in [2.45, 2.75) is 6.61 Å². The number of rotatable bonds is 4. The molecule has 0 spiro atoms. The van der Waals surface area contributed by atoms with Crippen molar-refractivity contribution in [3.63, 3.8) is 0 Å². The Balaban J connectivity index is 1.97. The van der Waals surface area contributed by atoms with Crippen molar-refractivity contribution in [2.75, 3.05) is 0 Å². The summed E-state index contributed by atoms with van der Waals surface area (Å²) in [6.07, 6.45) is 4.49. The van der Waals surface area contributed by atoms with Crippen LogP contribution < -0.4 is 4.74 Å². The Morgan fingerprint density at radius 2 is 1.96 bits per heavy atom. The van der Waals surface area contributed by atoms with Gasteiger partial charge in [0.15, 0.2) is 5.65 Å². The maximum atomic E-state index is 12.5. The molecule has 0 amide bonds. The van der Waals surface area contributed by atoms with Crippen LogP contribution in [0.15, 0.2) is 53.5 Å². The summed E-state index contributed by atoms with van der Waals surface area (Å²) in [5.41, 5.74) is 3.76.